The minimum atomic E-state index is -4.67. The summed E-state index contributed by atoms with van der Waals surface area (Å²) in [6.07, 6.45) is 11.2. The van der Waals surface area contributed by atoms with Gasteiger partial charge in [0.2, 0.25) is 5.82 Å². The van der Waals surface area contributed by atoms with Gasteiger partial charge in [-0.05, 0) is 124 Å². The van der Waals surface area contributed by atoms with Gasteiger partial charge in [0.15, 0.2) is 5.75 Å². The summed E-state index contributed by atoms with van der Waals surface area (Å²) in [6.45, 7) is 12.6. The lowest BCUT2D eigenvalue weighted by Crippen LogP contribution is -2.63. The van der Waals surface area contributed by atoms with E-state index in [1.165, 1.54) is 30.4 Å². The number of nitro groups is 1. The number of benzene rings is 2. The molecule has 2 aromatic carbocycles. The average molecular weight is 935 g/mol. The molecule has 1 spiro atoms. The van der Waals surface area contributed by atoms with Crippen LogP contribution in [-0.4, -0.2) is 95.2 Å². The van der Waals surface area contributed by atoms with Crippen molar-refractivity contribution in [2.75, 3.05) is 49.5 Å². The van der Waals surface area contributed by atoms with Gasteiger partial charge in [0, 0.05) is 68.2 Å². The number of sulfonamides is 1. The number of ether oxygens (including phenoxy) is 2. The zero-order chi connectivity index (χ0) is 47.1. The monoisotopic (exact) mass is 934 g/mol. The van der Waals surface area contributed by atoms with Crippen molar-refractivity contribution < 1.29 is 32.7 Å². The maximum atomic E-state index is 14.1. The summed E-state index contributed by atoms with van der Waals surface area (Å²) in [6, 6.07) is 19.1. The van der Waals surface area contributed by atoms with E-state index in [9.17, 15) is 28.4 Å². The third-order valence-electron chi connectivity index (χ3n) is 14.7. The van der Waals surface area contributed by atoms with Gasteiger partial charge in [-0.1, -0.05) is 44.5 Å². The summed E-state index contributed by atoms with van der Waals surface area (Å²) in [7, 11) is -4.67. The Labute approximate surface area is 392 Å². The second kappa shape index (κ2) is 18.7. The van der Waals surface area contributed by atoms with E-state index in [2.05, 4.69) is 72.9 Å². The number of carbonyl (C=O) groups excluding carboxylic acids is 1. The third kappa shape index (κ3) is 9.81. The number of amides is 1. The lowest BCUT2D eigenvalue weighted by atomic mass is 9.70. The molecule has 5 heterocycles. The quantitative estimate of drug-likeness (QED) is 0.0573. The Kier molecular flexibility index (Phi) is 12.9. The van der Waals surface area contributed by atoms with E-state index in [-0.39, 0.29) is 40.1 Å². The predicted octanol–water partition coefficient (Wildman–Crippen LogP) is 8.89. The Morgan fingerprint density at radius 1 is 1.01 bits per heavy atom. The molecule has 3 aromatic heterocycles. The normalized spacial score (nSPS) is 23.0. The van der Waals surface area contributed by atoms with Gasteiger partial charge in [-0.25, -0.2) is 18.1 Å². The SMILES string of the molecule is CCOc1nc2[nH]ccc2cc1Oc1cc(N2CCC3(CC2)CN([C@H]2CCC[C@H]2c2ccccc2C(C)C)C3)ccc1C(=O)NS(=O)(=O)c1cnc(NCC2CCC(C)(O)CC2)c([N+](=O)[O-])c1. The molecule has 2 aliphatic heterocycles. The molecule has 0 bridgehead atoms. The van der Waals surface area contributed by atoms with Gasteiger partial charge in [0.1, 0.15) is 16.3 Å². The number of hydrogen-bond acceptors (Lipinski definition) is 13. The molecular formula is C50H62N8O8S. The van der Waals surface area contributed by atoms with Crippen LogP contribution in [-0.2, 0) is 10.0 Å². The number of anilines is 2. The lowest BCUT2D eigenvalue weighted by Gasteiger charge is -2.57. The first-order valence-electron chi connectivity index (χ1n) is 23.8. The van der Waals surface area contributed by atoms with Crippen LogP contribution in [0, 0.1) is 21.4 Å². The van der Waals surface area contributed by atoms with Crippen LogP contribution in [0.2, 0.25) is 0 Å². The van der Waals surface area contributed by atoms with Crippen molar-refractivity contribution in [2.45, 2.75) is 114 Å². The minimum absolute atomic E-state index is 0.0792. The molecule has 67 heavy (non-hydrogen) atoms. The first-order valence-corrected chi connectivity index (χ1v) is 25.3. The lowest BCUT2D eigenvalue weighted by molar-refractivity contribution is -0.384. The highest BCUT2D eigenvalue weighted by Crippen LogP contribution is 2.49. The number of H-pyrrole nitrogens is 1. The highest BCUT2D eigenvalue weighted by molar-refractivity contribution is 7.90. The topological polar surface area (TPSA) is 205 Å². The zero-order valence-electron chi connectivity index (χ0n) is 38.8. The Hall–Kier alpha value is -5.78. The number of aliphatic hydroxyl groups is 1. The molecule has 9 rings (SSSR count). The first-order chi connectivity index (χ1) is 32.1. The van der Waals surface area contributed by atoms with Crippen LogP contribution >= 0.6 is 0 Å². The number of pyridine rings is 2. The number of aromatic amines is 1. The van der Waals surface area contributed by atoms with Gasteiger partial charge in [-0.2, -0.15) is 4.98 Å². The Bertz CT molecular complexity index is 2730. The highest BCUT2D eigenvalue weighted by Gasteiger charge is 2.49. The van der Waals surface area contributed by atoms with Gasteiger partial charge in [0.25, 0.3) is 21.8 Å². The van der Waals surface area contributed by atoms with Crippen molar-refractivity contribution in [2.24, 2.45) is 11.3 Å². The van der Waals surface area contributed by atoms with Crippen molar-refractivity contribution >= 4 is 44.2 Å². The molecule has 0 unspecified atom stereocenters. The van der Waals surface area contributed by atoms with E-state index in [0.717, 1.165) is 75.2 Å². The number of aromatic nitrogens is 3. The number of piperidine rings is 1. The summed E-state index contributed by atoms with van der Waals surface area (Å²) < 4.78 is 42.1. The Balaban J connectivity index is 0.925. The van der Waals surface area contributed by atoms with Crippen molar-refractivity contribution in [3.63, 3.8) is 0 Å². The number of rotatable bonds is 15. The second-order valence-electron chi connectivity index (χ2n) is 19.8. The van der Waals surface area contributed by atoms with Crippen molar-refractivity contribution in [3.8, 4) is 17.4 Å². The van der Waals surface area contributed by atoms with Gasteiger partial charge in [-0.15, -0.1) is 0 Å². The molecule has 0 radical (unpaired) electrons. The van der Waals surface area contributed by atoms with Crippen LogP contribution in [0.25, 0.3) is 11.0 Å². The van der Waals surface area contributed by atoms with Crippen LogP contribution in [0.15, 0.2) is 78.0 Å². The fraction of sp³-hybridized carbons (Fsp3) is 0.500. The molecule has 356 valence electrons. The Morgan fingerprint density at radius 3 is 2.51 bits per heavy atom. The first kappa shape index (κ1) is 46.3. The molecule has 17 heteroatoms. The Morgan fingerprint density at radius 2 is 1.78 bits per heavy atom. The summed E-state index contributed by atoms with van der Waals surface area (Å²) in [5.41, 5.74) is 3.28. The van der Waals surface area contributed by atoms with E-state index in [0.29, 0.717) is 49.5 Å². The molecule has 2 atom stereocenters. The van der Waals surface area contributed by atoms with E-state index >= 15 is 0 Å². The maximum Gasteiger partial charge on any atom is 0.312 e. The molecule has 2 aliphatic carbocycles. The molecule has 4 fully saturated rings. The molecule has 4 N–H and O–H groups in total. The van der Waals surface area contributed by atoms with Crippen molar-refractivity contribution in [3.05, 3.63) is 99.9 Å². The second-order valence-corrected chi connectivity index (χ2v) is 21.4. The summed E-state index contributed by atoms with van der Waals surface area (Å²) >= 11 is 0. The van der Waals surface area contributed by atoms with Gasteiger partial charge < -0.3 is 29.8 Å². The fourth-order valence-corrected chi connectivity index (χ4v) is 11.8. The third-order valence-corrected chi connectivity index (χ3v) is 16.0. The molecule has 5 aromatic rings. The molecule has 2 saturated carbocycles. The van der Waals surface area contributed by atoms with Gasteiger partial charge in [-0.3, -0.25) is 19.8 Å². The minimum Gasteiger partial charge on any atom is -0.475 e. The van der Waals surface area contributed by atoms with Gasteiger partial charge in [0.05, 0.1) is 28.9 Å². The fourth-order valence-electron chi connectivity index (χ4n) is 10.9. The molecule has 2 saturated heterocycles. The van der Waals surface area contributed by atoms with E-state index in [1.54, 1.807) is 37.4 Å². The maximum absolute atomic E-state index is 14.1. The number of fused-ring (bicyclic) bond motifs is 1. The highest BCUT2D eigenvalue weighted by atomic mass is 32.2. The van der Waals surface area contributed by atoms with E-state index < -0.39 is 37.0 Å². The number of likely N-dealkylation sites (tertiary alicyclic amines) is 1. The molecule has 4 aliphatic rings. The zero-order valence-corrected chi connectivity index (χ0v) is 39.6. The van der Waals surface area contributed by atoms with Crippen LogP contribution < -0.4 is 24.4 Å². The molecule has 1 amide bonds. The van der Waals surface area contributed by atoms with Crippen LogP contribution in [0.5, 0.6) is 17.4 Å². The van der Waals surface area contributed by atoms with Crippen LogP contribution in [0.3, 0.4) is 0 Å². The summed E-state index contributed by atoms with van der Waals surface area (Å²) in [5, 5.41) is 26.2. The number of carbonyl (C=O) groups is 1. The van der Waals surface area contributed by atoms with E-state index in [4.69, 9.17) is 9.47 Å². The largest absolute Gasteiger partial charge is 0.475 e. The predicted molar refractivity (Wildman–Crippen MR) is 257 cm³/mol. The molecule has 16 nitrogen and oxygen atoms in total. The summed E-state index contributed by atoms with van der Waals surface area (Å²) in [4.78, 5) is 41.9. The van der Waals surface area contributed by atoms with Crippen LogP contribution in [0.4, 0.5) is 17.2 Å². The van der Waals surface area contributed by atoms with Crippen molar-refractivity contribution in [1.82, 2.24) is 24.6 Å². The van der Waals surface area contributed by atoms with E-state index in [1.807, 2.05) is 13.0 Å². The standard InChI is InChI=1S/C50H62N8O8S/c1-5-65-48-44(25-34-17-22-51-45(34)54-48)66-43-26-35(56-23-20-50(21-24-56)30-57(31-50)41-12-8-11-39(41)38-10-7-6-9-37(38)32(2)3)13-14-40(43)47(59)55-67(63,64)36-27-42(58(61)62)46(53-29-36)52-28-33-15-18-49(4,60)19-16-33/h6-7,9-10,13-14,17,22,25-27,29,32-33,39,41,60H,5,8,11-12,15-16,18-21,23-24,28,30-31H2,1-4H3,(H,51,54)(H,52,53)(H,55,59)/t33?,39-,41-,49?/m0/s1. The summed E-state index contributed by atoms with van der Waals surface area (Å²) in [5.74, 6) is 0.640. The number of nitrogens with zero attached hydrogens (tertiary/aromatic N) is 5. The number of hydrogen-bond donors (Lipinski definition) is 4. The van der Waals surface area contributed by atoms with Gasteiger partial charge >= 0.3 is 5.69 Å². The van der Waals surface area contributed by atoms with Crippen LogP contribution in [0.1, 0.15) is 119 Å². The number of nitrogens with one attached hydrogen (secondary N) is 3. The molecular weight excluding hydrogens is 873 g/mol. The average Bonchev–Trinajstić information content (AvgIpc) is 3.98. The smallest absolute Gasteiger partial charge is 0.312 e. The van der Waals surface area contributed by atoms with Crippen molar-refractivity contribution in [1.29, 1.82) is 0 Å².